The van der Waals surface area contributed by atoms with Gasteiger partial charge in [0, 0.05) is 6.54 Å². The Kier molecular flexibility index (Phi) is 4.45. The summed E-state index contributed by atoms with van der Waals surface area (Å²) in [4.78, 5) is 35.7. The van der Waals surface area contributed by atoms with E-state index < -0.39 is 6.03 Å². The quantitative estimate of drug-likeness (QED) is 0.782. The maximum absolute atomic E-state index is 11.9. The van der Waals surface area contributed by atoms with Crippen LogP contribution in [0.2, 0.25) is 0 Å². The van der Waals surface area contributed by atoms with Crippen molar-refractivity contribution in [1.82, 2.24) is 15.5 Å². The highest BCUT2D eigenvalue weighted by Crippen LogP contribution is 2.26. The van der Waals surface area contributed by atoms with Crippen LogP contribution in [-0.2, 0) is 16.0 Å². The van der Waals surface area contributed by atoms with Crippen molar-refractivity contribution >= 4 is 17.8 Å². The van der Waals surface area contributed by atoms with Gasteiger partial charge in [-0.3, -0.25) is 14.5 Å². The highest BCUT2D eigenvalue weighted by molar-refractivity contribution is 6.04. The number of rotatable bonds is 4. The van der Waals surface area contributed by atoms with Gasteiger partial charge in [0.05, 0.1) is 13.2 Å². The van der Waals surface area contributed by atoms with E-state index in [9.17, 15) is 14.4 Å². The van der Waals surface area contributed by atoms with Crippen molar-refractivity contribution in [3.05, 3.63) is 29.8 Å². The number of urea groups is 1. The van der Waals surface area contributed by atoms with E-state index >= 15 is 0 Å². The molecule has 2 aliphatic heterocycles. The van der Waals surface area contributed by atoms with E-state index in [2.05, 4.69) is 10.6 Å². The highest BCUT2D eigenvalue weighted by Gasteiger charge is 2.30. The van der Waals surface area contributed by atoms with Gasteiger partial charge in [0.1, 0.15) is 12.3 Å². The Balaban J connectivity index is 1.51. The van der Waals surface area contributed by atoms with Crippen molar-refractivity contribution in [3.8, 4) is 5.75 Å². The van der Waals surface area contributed by atoms with Crippen molar-refractivity contribution in [2.75, 3.05) is 26.2 Å². The first-order chi connectivity index (χ1) is 11.1. The van der Waals surface area contributed by atoms with Crippen molar-refractivity contribution in [3.63, 3.8) is 0 Å². The molecular formula is C16H19N3O4. The molecule has 1 atom stereocenters. The maximum atomic E-state index is 11.9. The summed E-state index contributed by atoms with van der Waals surface area (Å²) in [6.07, 6.45) is 1.68. The van der Waals surface area contributed by atoms with E-state index in [1.165, 1.54) is 0 Å². The zero-order chi connectivity index (χ0) is 16.2. The molecule has 1 aromatic carbocycles. The lowest BCUT2D eigenvalue weighted by Gasteiger charge is -2.16. The van der Waals surface area contributed by atoms with Gasteiger partial charge in [-0.1, -0.05) is 18.2 Å². The third-order valence-corrected chi connectivity index (χ3v) is 4.09. The Morgan fingerprint density at radius 2 is 2.17 bits per heavy atom. The van der Waals surface area contributed by atoms with Crippen LogP contribution < -0.4 is 15.4 Å². The van der Waals surface area contributed by atoms with Gasteiger partial charge >= 0.3 is 6.03 Å². The maximum Gasteiger partial charge on any atom is 0.325 e. The number of carbonyl (C=O) groups is 3. The molecule has 1 saturated heterocycles. The minimum atomic E-state index is -0.512. The van der Waals surface area contributed by atoms with Gasteiger partial charge in [-0.15, -0.1) is 0 Å². The number of nitrogens with one attached hydrogen (secondary N) is 2. The molecule has 0 aliphatic carbocycles. The molecule has 3 rings (SSSR count). The van der Waals surface area contributed by atoms with Crippen LogP contribution in [-0.4, -0.2) is 49.0 Å². The Labute approximate surface area is 134 Å². The molecule has 1 aromatic rings. The Bertz CT molecular complexity index is 616. The first-order valence-corrected chi connectivity index (χ1v) is 7.69. The minimum absolute atomic E-state index is 0.0388. The Morgan fingerprint density at radius 3 is 2.96 bits per heavy atom. The Hall–Kier alpha value is -2.57. The van der Waals surface area contributed by atoms with Gasteiger partial charge in [0.2, 0.25) is 5.91 Å². The smallest absolute Gasteiger partial charge is 0.325 e. The number of benzene rings is 1. The number of ether oxygens (including phenoxy) is 1. The average Bonchev–Trinajstić information content (AvgIpc) is 2.77. The van der Waals surface area contributed by atoms with Crippen molar-refractivity contribution in [2.45, 2.75) is 12.8 Å². The second-order valence-electron chi connectivity index (χ2n) is 5.76. The summed E-state index contributed by atoms with van der Waals surface area (Å²) >= 11 is 0. The molecule has 1 fully saturated rings. The van der Waals surface area contributed by atoms with E-state index in [1.54, 1.807) is 0 Å². The van der Waals surface area contributed by atoms with Gasteiger partial charge < -0.3 is 15.4 Å². The lowest BCUT2D eigenvalue weighted by atomic mass is 9.97. The summed E-state index contributed by atoms with van der Waals surface area (Å²) in [5.74, 6) is 0.474. The Morgan fingerprint density at radius 1 is 1.35 bits per heavy atom. The summed E-state index contributed by atoms with van der Waals surface area (Å²) in [6.45, 7) is 0.845. The van der Waals surface area contributed by atoms with Crippen molar-refractivity contribution in [1.29, 1.82) is 0 Å². The van der Waals surface area contributed by atoms with Crippen LogP contribution in [0.4, 0.5) is 4.79 Å². The van der Waals surface area contributed by atoms with Crippen molar-refractivity contribution < 1.29 is 19.1 Å². The molecule has 0 bridgehead atoms. The van der Waals surface area contributed by atoms with Gasteiger partial charge in [-0.05, 0) is 30.4 Å². The third kappa shape index (κ3) is 3.61. The van der Waals surface area contributed by atoms with Crippen LogP contribution in [0.25, 0.3) is 0 Å². The molecule has 0 spiro atoms. The number of imide groups is 1. The summed E-state index contributed by atoms with van der Waals surface area (Å²) < 4.78 is 5.70. The number of nitrogens with zero attached hydrogens (tertiary/aromatic N) is 1. The van der Waals surface area contributed by atoms with E-state index in [0.29, 0.717) is 13.2 Å². The van der Waals surface area contributed by atoms with Crippen LogP contribution >= 0.6 is 0 Å². The predicted octanol–water partition coefficient (Wildman–Crippen LogP) is 0.296. The van der Waals surface area contributed by atoms with Gasteiger partial charge in [-0.2, -0.15) is 0 Å². The number of carbonyl (C=O) groups excluding carboxylic acids is 3. The molecule has 4 amide bonds. The van der Waals surface area contributed by atoms with Gasteiger partial charge in [0.15, 0.2) is 0 Å². The third-order valence-electron chi connectivity index (χ3n) is 4.09. The lowest BCUT2D eigenvalue weighted by molar-refractivity contribution is -0.130. The molecule has 0 aromatic heterocycles. The fourth-order valence-corrected chi connectivity index (χ4v) is 2.81. The van der Waals surface area contributed by atoms with Crippen LogP contribution in [0.3, 0.4) is 0 Å². The fraction of sp³-hybridized carbons (Fsp3) is 0.438. The molecule has 2 N–H and O–H groups in total. The number of fused-ring (bicyclic) bond motifs is 1. The standard InChI is InChI=1S/C16H19N3O4/c20-14(10-19-15(21)9-18-16(19)22)17-8-11-5-6-23-13-4-2-1-3-12(13)7-11/h1-4,11H,5-10H2,(H,17,20)(H,18,22)/t11-/m1/s1. The zero-order valence-electron chi connectivity index (χ0n) is 12.7. The fourth-order valence-electron chi connectivity index (χ4n) is 2.81. The minimum Gasteiger partial charge on any atom is -0.493 e. The summed E-state index contributed by atoms with van der Waals surface area (Å²) in [5, 5.41) is 5.20. The largest absolute Gasteiger partial charge is 0.493 e. The molecule has 2 heterocycles. The van der Waals surface area contributed by atoms with Crippen LogP contribution in [0.15, 0.2) is 24.3 Å². The van der Waals surface area contributed by atoms with Crippen LogP contribution in [0.1, 0.15) is 12.0 Å². The van der Waals surface area contributed by atoms with Gasteiger partial charge in [-0.25, -0.2) is 4.79 Å². The number of hydrogen-bond acceptors (Lipinski definition) is 4. The zero-order valence-corrected chi connectivity index (χ0v) is 12.7. The van der Waals surface area contributed by atoms with E-state index in [0.717, 1.165) is 29.1 Å². The van der Waals surface area contributed by atoms with Crippen LogP contribution in [0.5, 0.6) is 5.75 Å². The second-order valence-corrected chi connectivity index (χ2v) is 5.76. The molecular weight excluding hydrogens is 298 g/mol. The normalized spacial score (nSPS) is 20.3. The molecule has 0 radical (unpaired) electrons. The number of amides is 4. The van der Waals surface area contributed by atoms with E-state index in [-0.39, 0.29) is 30.8 Å². The summed E-state index contributed by atoms with van der Waals surface area (Å²) in [7, 11) is 0. The van der Waals surface area contributed by atoms with E-state index in [1.807, 2.05) is 24.3 Å². The molecule has 122 valence electrons. The van der Waals surface area contributed by atoms with Crippen LogP contribution in [0, 0.1) is 5.92 Å². The summed E-state index contributed by atoms with van der Waals surface area (Å²) in [6, 6.07) is 7.39. The monoisotopic (exact) mass is 317 g/mol. The molecule has 7 heteroatoms. The predicted molar refractivity (Wildman–Crippen MR) is 81.9 cm³/mol. The van der Waals surface area contributed by atoms with E-state index in [4.69, 9.17) is 4.74 Å². The van der Waals surface area contributed by atoms with Crippen molar-refractivity contribution in [2.24, 2.45) is 5.92 Å². The lowest BCUT2D eigenvalue weighted by Crippen LogP contribution is -2.42. The molecule has 7 nitrogen and oxygen atoms in total. The average molecular weight is 317 g/mol. The first-order valence-electron chi connectivity index (χ1n) is 7.69. The molecule has 0 unspecified atom stereocenters. The topological polar surface area (TPSA) is 87.7 Å². The molecule has 2 aliphatic rings. The summed E-state index contributed by atoms with van der Waals surface area (Å²) in [5.41, 5.74) is 1.14. The van der Waals surface area contributed by atoms with Gasteiger partial charge in [0.25, 0.3) is 5.91 Å². The number of hydrogen-bond donors (Lipinski definition) is 2. The number of para-hydroxylation sites is 1. The SMILES string of the molecule is O=C(CN1C(=O)CNC1=O)NC[C@@H]1CCOc2ccccc2C1. The molecule has 23 heavy (non-hydrogen) atoms. The highest BCUT2D eigenvalue weighted by atomic mass is 16.5. The first kappa shape index (κ1) is 15.3. The molecule has 0 saturated carbocycles. The second kappa shape index (κ2) is 6.68.